The lowest BCUT2D eigenvalue weighted by atomic mass is 10.2. The van der Waals surface area contributed by atoms with Gasteiger partial charge in [0.25, 0.3) is 0 Å². The number of carbonyl (C=O) groups excluding carboxylic acids is 1. The molecule has 0 radical (unpaired) electrons. The average Bonchev–Trinajstić information content (AvgIpc) is 2.37. The van der Waals surface area contributed by atoms with E-state index in [9.17, 15) is 9.59 Å². The summed E-state index contributed by atoms with van der Waals surface area (Å²) < 4.78 is 20.5. The van der Waals surface area contributed by atoms with Crippen molar-refractivity contribution in [3.8, 4) is 0 Å². The van der Waals surface area contributed by atoms with Gasteiger partial charge in [0.2, 0.25) is 0 Å². The maximum Gasteiger partial charge on any atom is 0.407 e. The molecule has 2 N–H and O–H groups in total. The van der Waals surface area contributed by atoms with E-state index in [-0.39, 0.29) is 6.61 Å². The molecular weight excluding hydrogens is 294 g/mol. The van der Waals surface area contributed by atoms with Crippen LogP contribution in [0.4, 0.5) is 4.79 Å². The summed E-state index contributed by atoms with van der Waals surface area (Å²) in [5, 5.41) is 10.9. The molecule has 0 spiro atoms. The third-order valence-electron chi connectivity index (χ3n) is 2.09. The molecule has 0 saturated heterocycles. The molecular formula is C14H27NO7. The SMILES string of the molecule is CC(C)(C)OC(=O)NCCOCCOCCCOCC(=O)O. The van der Waals surface area contributed by atoms with Crippen LogP contribution in [0.5, 0.6) is 0 Å². The van der Waals surface area contributed by atoms with Gasteiger partial charge in [-0.25, -0.2) is 9.59 Å². The predicted molar refractivity (Wildman–Crippen MR) is 78.9 cm³/mol. The van der Waals surface area contributed by atoms with Crippen LogP contribution < -0.4 is 5.32 Å². The normalized spacial score (nSPS) is 11.2. The van der Waals surface area contributed by atoms with E-state index in [4.69, 9.17) is 24.1 Å². The first-order valence-corrected chi connectivity index (χ1v) is 7.23. The second-order valence-corrected chi connectivity index (χ2v) is 5.45. The first kappa shape index (κ1) is 20.6. The van der Waals surface area contributed by atoms with Crippen molar-refractivity contribution < 1.29 is 33.6 Å². The van der Waals surface area contributed by atoms with Crippen molar-refractivity contribution in [3.63, 3.8) is 0 Å². The number of amides is 1. The van der Waals surface area contributed by atoms with Crippen molar-refractivity contribution in [1.82, 2.24) is 5.32 Å². The van der Waals surface area contributed by atoms with Crippen LogP contribution in [0.1, 0.15) is 27.2 Å². The van der Waals surface area contributed by atoms with Crippen LogP contribution in [0.3, 0.4) is 0 Å². The summed E-state index contributed by atoms with van der Waals surface area (Å²) in [6.07, 6.45) is 0.168. The summed E-state index contributed by atoms with van der Waals surface area (Å²) in [6, 6.07) is 0. The Morgan fingerprint density at radius 1 is 0.955 bits per heavy atom. The van der Waals surface area contributed by atoms with Crippen LogP contribution in [0.2, 0.25) is 0 Å². The van der Waals surface area contributed by atoms with Crippen LogP contribution in [-0.2, 0) is 23.7 Å². The van der Waals surface area contributed by atoms with Gasteiger partial charge >= 0.3 is 12.1 Å². The van der Waals surface area contributed by atoms with E-state index in [1.807, 2.05) is 0 Å². The quantitative estimate of drug-likeness (QED) is 0.517. The second kappa shape index (κ2) is 12.2. The molecule has 130 valence electrons. The van der Waals surface area contributed by atoms with E-state index >= 15 is 0 Å². The van der Waals surface area contributed by atoms with Crippen LogP contribution in [0, 0.1) is 0 Å². The molecule has 0 aliphatic rings. The summed E-state index contributed by atoms with van der Waals surface area (Å²) in [5.41, 5.74) is -0.507. The van der Waals surface area contributed by atoms with Crippen molar-refractivity contribution in [1.29, 1.82) is 0 Å². The van der Waals surface area contributed by atoms with Gasteiger partial charge in [0.15, 0.2) is 0 Å². The summed E-state index contributed by atoms with van der Waals surface area (Å²) in [6.45, 7) is 7.56. The van der Waals surface area contributed by atoms with E-state index in [1.165, 1.54) is 0 Å². The highest BCUT2D eigenvalue weighted by Crippen LogP contribution is 2.05. The Kier molecular flexibility index (Phi) is 11.4. The zero-order chi connectivity index (χ0) is 16.8. The number of carboxylic acid groups (broad SMARTS) is 1. The Labute approximate surface area is 131 Å². The van der Waals surface area contributed by atoms with E-state index in [0.717, 1.165) is 0 Å². The highest BCUT2D eigenvalue weighted by Gasteiger charge is 2.15. The average molecular weight is 321 g/mol. The number of hydrogen-bond donors (Lipinski definition) is 2. The molecule has 0 heterocycles. The number of alkyl carbamates (subject to hydrolysis) is 1. The molecule has 8 nitrogen and oxygen atoms in total. The Bertz CT molecular complexity index is 315. The van der Waals surface area contributed by atoms with Gasteiger partial charge in [0.05, 0.1) is 19.8 Å². The number of hydrogen-bond acceptors (Lipinski definition) is 6. The fourth-order valence-electron chi connectivity index (χ4n) is 1.28. The summed E-state index contributed by atoms with van der Waals surface area (Å²) >= 11 is 0. The van der Waals surface area contributed by atoms with Crippen molar-refractivity contribution in [2.24, 2.45) is 0 Å². The van der Waals surface area contributed by atoms with Crippen LogP contribution >= 0.6 is 0 Å². The maximum atomic E-state index is 11.3. The van der Waals surface area contributed by atoms with Crippen molar-refractivity contribution in [2.45, 2.75) is 32.8 Å². The van der Waals surface area contributed by atoms with Gasteiger partial charge in [-0.2, -0.15) is 0 Å². The number of nitrogens with one attached hydrogen (secondary N) is 1. The predicted octanol–water partition coefficient (Wildman–Crippen LogP) is 1.04. The molecule has 0 saturated carbocycles. The topological polar surface area (TPSA) is 103 Å². The number of ether oxygens (including phenoxy) is 4. The number of carboxylic acids is 1. The van der Waals surface area contributed by atoms with Crippen molar-refractivity contribution >= 4 is 12.1 Å². The van der Waals surface area contributed by atoms with Crippen LogP contribution in [0.15, 0.2) is 0 Å². The maximum absolute atomic E-state index is 11.3. The molecule has 1 amide bonds. The van der Waals surface area contributed by atoms with Gasteiger partial charge in [-0.05, 0) is 27.2 Å². The molecule has 0 aliphatic carbocycles. The van der Waals surface area contributed by atoms with Gasteiger partial charge in [-0.3, -0.25) is 0 Å². The number of carbonyl (C=O) groups is 2. The molecule has 0 rings (SSSR count). The highest BCUT2D eigenvalue weighted by molar-refractivity contribution is 5.68. The second-order valence-electron chi connectivity index (χ2n) is 5.45. The smallest absolute Gasteiger partial charge is 0.407 e. The zero-order valence-corrected chi connectivity index (χ0v) is 13.6. The molecule has 8 heteroatoms. The summed E-state index contributed by atoms with van der Waals surface area (Å²) in [7, 11) is 0. The van der Waals surface area contributed by atoms with E-state index in [0.29, 0.717) is 46.0 Å². The van der Waals surface area contributed by atoms with E-state index in [2.05, 4.69) is 5.32 Å². The monoisotopic (exact) mass is 321 g/mol. The largest absolute Gasteiger partial charge is 0.480 e. The van der Waals surface area contributed by atoms with Gasteiger partial charge in [-0.15, -0.1) is 0 Å². The number of rotatable bonds is 12. The lowest BCUT2D eigenvalue weighted by molar-refractivity contribution is -0.142. The van der Waals surface area contributed by atoms with E-state index < -0.39 is 17.7 Å². The van der Waals surface area contributed by atoms with Gasteiger partial charge in [-0.1, -0.05) is 0 Å². The molecule has 0 atom stereocenters. The van der Waals surface area contributed by atoms with Gasteiger partial charge in [0, 0.05) is 19.8 Å². The fourth-order valence-corrected chi connectivity index (χ4v) is 1.28. The Hall–Kier alpha value is -1.38. The van der Waals surface area contributed by atoms with Crippen molar-refractivity contribution in [2.75, 3.05) is 46.2 Å². The third-order valence-corrected chi connectivity index (χ3v) is 2.09. The minimum Gasteiger partial charge on any atom is -0.480 e. The minimum atomic E-state index is -0.977. The molecule has 0 fully saturated rings. The third kappa shape index (κ3) is 16.7. The highest BCUT2D eigenvalue weighted by atomic mass is 16.6. The van der Waals surface area contributed by atoms with Crippen LogP contribution in [0.25, 0.3) is 0 Å². The zero-order valence-electron chi connectivity index (χ0n) is 13.6. The standard InChI is InChI=1S/C14H27NO7/c1-14(2,3)22-13(18)15-5-8-20-10-9-19-6-4-7-21-11-12(16)17/h4-11H2,1-3H3,(H,15,18)(H,16,17). The Morgan fingerprint density at radius 3 is 2.14 bits per heavy atom. The number of aliphatic carboxylic acids is 1. The van der Waals surface area contributed by atoms with Gasteiger partial charge in [0.1, 0.15) is 12.2 Å². The molecule has 0 aliphatic heterocycles. The van der Waals surface area contributed by atoms with Crippen molar-refractivity contribution in [3.05, 3.63) is 0 Å². The minimum absolute atomic E-state index is 0.284. The molecule has 0 aromatic carbocycles. The Balaban J connectivity index is 3.21. The molecule has 22 heavy (non-hydrogen) atoms. The lowest BCUT2D eigenvalue weighted by Crippen LogP contribution is -2.34. The molecule has 0 unspecified atom stereocenters. The van der Waals surface area contributed by atoms with Gasteiger partial charge < -0.3 is 29.4 Å². The summed E-state index contributed by atoms with van der Waals surface area (Å²) in [5.74, 6) is -0.977. The molecule has 0 aromatic heterocycles. The Morgan fingerprint density at radius 2 is 1.55 bits per heavy atom. The molecule has 0 aromatic rings. The first-order chi connectivity index (χ1) is 10.3. The first-order valence-electron chi connectivity index (χ1n) is 7.23. The van der Waals surface area contributed by atoms with E-state index in [1.54, 1.807) is 20.8 Å². The van der Waals surface area contributed by atoms with Crippen LogP contribution in [-0.4, -0.2) is 69.0 Å². The molecule has 0 bridgehead atoms. The fraction of sp³-hybridized carbons (Fsp3) is 0.857. The lowest BCUT2D eigenvalue weighted by Gasteiger charge is -2.19. The summed E-state index contributed by atoms with van der Waals surface area (Å²) in [4.78, 5) is 21.5.